The molecule has 0 aliphatic carbocycles. The summed E-state index contributed by atoms with van der Waals surface area (Å²) in [4.78, 5) is 25.3. The molecule has 60 heavy (non-hydrogen) atoms. The Labute approximate surface area is 371 Å². The molecule has 0 heterocycles. The number of rotatable bonds is 45. The van der Waals surface area contributed by atoms with Gasteiger partial charge in [-0.15, -0.1) is 0 Å². The Kier molecular flexibility index (Phi) is 48.0. The Hall–Kier alpha value is -2.92. The second kappa shape index (κ2) is 50.4. The highest BCUT2D eigenvalue weighted by Gasteiger charge is 2.17. The molecule has 0 bridgehead atoms. The summed E-state index contributed by atoms with van der Waals surface area (Å²) in [6, 6.07) is 0. The third-order valence-corrected chi connectivity index (χ3v) is 10.4. The van der Waals surface area contributed by atoms with Crippen molar-refractivity contribution in [2.75, 3.05) is 19.8 Å². The van der Waals surface area contributed by atoms with E-state index in [9.17, 15) is 9.59 Å². The molecule has 0 aromatic heterocycles. The predicted molar refractivity (Wildman–Crippen MR) is 260 cm³/mol. The van der Waals surface area contributed by atoms with Crippen LogP contribution in [0.25, 0.3) is 0 Å². The molecule has 0 aliphatic heterocycles. The van der Waals surface area contributed by atoms with Gasteiger partial charge in [0.25, 0.3) is 0 Å². The summed E-state index contributed by atoms with van der Waals surface area (Å²) >= 11 is 0. The average molecular weight is 835 g/mol. The summed E-state index contributed by atoms with van der Waals surface area (Å²) in [6.45, 7) is 7.62. The van der Waals surface area contributed by atoms with Crippen LogP contribution in [0, 0.1) is 0 Å². The van der Waals surface area contributed by atoms with Crippen LogP contribution in [0.5, 0.6) is 0 Å². The van der Waals surface area contributed by atoms with Gasteiger partial charge >= 0.3 is 11.9 Å². The monoisotopic (exact) mass is 835 g/mol. The number of allylic oxidation sites excluding steroid dienone is 14. The van der Waals surface area contributed by atoms with E-state index >= 15 is 0 Å². The second-order valence-corrected chi connectivity index (χ2v) is 16.3. The summed E-state index contributed by atoms with van der Waals surface area (Å²) in [7, 11) is 0. The van der Waals surface area contributed by atoms with Crippen molar-refractivity contribution in [2.45, 2.75) is 232 Å². The molecule has 0 aromatic carbocycles. The van der Waals surface area contributed by atoms with Crippen LogP contribution in [-0.4, -0.2) is 37.9 Å². The highest BCUT2D eigenvalue weighted by Crippen LogP contribution is 2.13. The number of ether oxygens (including phenoxy) is 3. The van der Waals surface area contributed by atoms with E-state index in [1.54, 1.807) is 0 Å². The van der Waals surface area contributed by atoms with Crippen LogP contribution in [0.1, 0.15) is 226 Å². The highest BCUT2D eigenvalue weighted by atomic mass is 16.6. The molecule has 5 heteroatoms. The molecule has 0 amide bonds. The number of carbonyl (C=O) groups is 2. The van der Waals surface area contributed by atoms with Gasteiger partial charge in [-0.2, -0.15) is 0 Å². The summed E-state index contributed by atoms with van der Waals surface area (Å²) in [6.07, 6.45) is 65.9. The van der Waals surface area contributed by atoms with Crippen LogP contribution < -0.4 is 0 Å². The van der Waals surface area contributed by atoms with Crippen molar-refractivity contribution in [3.8, 4) is 0 Å². The van der Waals surface area contributed by atoms with Crippen molar-refractivity contribution < 1.29 is 23.8 Å². The van der Waals surface area contributed by atoms with Gasteiger partial charge in [-0.3, -0.25) is 9.59 Å². The fourth-order valence-electron chi connectivity index (χ4n) is 6.69. The maximum Gasteiger partial charge on any atom is 0.306 e. The van der Waals surface area contributed by atoms with E-state index in [4.69, 9.17) is 14.2 Å². The van der Waals surface area contributed by atoms with Gasteiger partial charge < -0.3 is 14.2 Å². The lowest BCUT2D eigenvalue weighted by molar-refractivity contribution is -0.163. The average Bonchev–Trinajstić information content (AvgIpc) is 3.25. The van der Waals surface area contributed by atoms with Crippen LogP contribution in [0.4, 0.5) is 0 Å². The number of carbonyl (C=O) groups excluding carboxylic acids is 2. The van der Waals surface area contributed by atoms with Gasteiger partial charge in [0.15, 0.2) is 6.10 Å². The molecule has 0 rings (SSSR count). The molecule has 0 radical (unpaired) electrons. The molecule has 0 N–H and O–H groups in total. The van der Waals surface area contributed by atoms with Crippen LogP contribution in [-0.2, 0) is 23.8 Å². The Morgan fingerprint density at radius 3 is 1.28 bits per heavy atom. The van der Waals surface area contributed by atoms with Crippen molar-refractivity contribution in [2.24, 2.45) is 0 Å². The van der Waals surface area contributed by atoms with E-state index in [2.05, 4.69) is 106 Å². The minimum Gasteiger partial charge on any atom is -0.462 e. The van der Waals surface area contributed by atoms with Crippen molar-refractivity contribution in [1.82, 2.24) is 0 Å². The van der Waals surface area contributed by atoms with Gasteiger partial charge in [0.2, 0.25) is 0 Å². The zero-order valence-corrected chi connectivity index (χ0v) is 39.5. The normalized spacial score (nSPS) is 12.9. The van der Waals surface area contributed by atoms with Crippen molar-refractivity contribution >= 4 is 11.9 Å². The van der Waals surface area contributed by atoms with Crippen LogP contribution >= 0.6 is 0 Å². The summed E-state index contributed by atoms with van der Waals surface area (Å²) in [5, 5.41) is 0. The molecule has 5 nitrogen and oxygen atoms in total. The first-order valence-electron chi connectivity index (χ1n) is 25.1. The summed E-state index contributed by atoms with van der Waals surface area (Å²) < 4.78 is 17.3. The number of hydrogen-bond acceptors (Lipinski definition) is 5. The van der Waals surface area contributed by atoms with Gasteiger partial charge in [0.1, 0.15) is 6.61 Å². The van der Waals surface area contributed by atoms with E-state index in [0.29, 0.717) is 19.4 Å². The Bertz CT molecular complexity index is 1130. The third-order valence-electron chi connectivity index (χ3n) is 10.4. The lowest BCUT2D eigenvalue weighted by Crippen LogP contribution is -2.30. The maximum atomic E-state index is 12.8. The molecular formula is C55H94O5. The van der Waals surface area contributed by atoms with E-state index in [-0.39, 0.29) is 25.2 Å². The van der Waals surface area contributed by atoms with Gasteiger partial charge in [-0.1, -0.05) is 209 Å². The predicted octanol–water partition coefficient (Wildman–Crippen LogP) is 16.9. The smallest absolute Gasteiger partial charge is 0.306 e. The molecule has 1 unspecified atom stereocenters. The first-order chi connectivity index (χ1) is 29.6. The zero-order valence-electron chi connectivity index (χ0n) is 39.5. The van der Waals surface area contributed by atoms with Gasteiger partial charge in [0, 0.05) is 19.4 Å². The van der Waals surface area contributed by atoms with Gasteiger partial charge in [-0.25, -0.2) is 0 Å². The lowest BCUT2D eigenvalue weighted by atomic mass is 10.1. The standard InChI is InChI=1S/C55H94O5/c1-4-7-10-13-16-19-22-25-27-28-30-31-33-36-39-42-45-48-54(56)59-52-53(51-58-50-47-44-41-38-35-24-21-18-15-12-9-6-3)60-55(57)49-46-43-40-37-34-32-29-26-23-20-17-14-11-8-5-2/h7,10,16-17,19-20,25-27,29-31,36,39,53H,4-6,8-9,11-15,18,21-24,28,32-35,37-38,40-52H2,1-3H3/b10-7-,19-16-,20-17-,27-25-,29-26-,31-30-,39-36-. The van der Waals surface area contributed by atoms with Crippen molar-refractivity contribution in [3.05, 3.63) is 85.1 Å². The van der Waals surface area contributed by atoms with E-state index in [1.165, 1.54) is 103 Å². The largest absolute Gasteiger partial charge is 0.462 e. The zero-order chi connectivity index (χ0) is 43.5. The fourth-order valence-corrected chi connectivity index (χ4v) is 6.69. The van der Waals surface area contributed by atoms with E-state index in [0.717, 1.165) is 89.9 Å². The fraction of sp³-hybridized carbons (Fsp3) is 0.709. The summed E-state index contributed by atoms with van der Waals surface area (Å²) in [5.74, 6) is -0.479. The number of unbranched alkanes of at least 4 members (excludes halogenated alkanes) is 20. The van der Waals surface area contributed by atoms with Crippen LogP contribution in [0.15, 0.2) is 85.1 Å². The molecule has 0 aliphatic rings. The quantitative estimate of drug-likeness (QED) is 0.0347. The lowest BCUT2D eigenvalue weighted by Gasteiger charge is -2.18. The SMILES string of the molecule is CC/C=C\C/C=C\C/C=C\C/C=C\C/C=C\CCCC(=O)OCC(COCCCCCCCCCCCCCC)OC(=O)CCCCCCC/C=C\C/C=C\CCCCC. The first-order valence-corrected chi connectivity index (χ1v) is 25.1. The maximum absolute atomic E-state index is 12.8. The topological polar surface area (TPSA) is 61.8 Å². The van der Waals surface area contributed by atoms with E-state index < -0.39 is 6.10 Å². The van der Waals surface area contributed by atoms with Crippen molar-refractivity contribution in [1.29, 1.82) is 0 Å². The highest BCUT2D eigenvalue weighted by molar-refractivity contribution is 5.70. The number of esters is 2. The molecule has 0 saturated heterocycles. The molecule has 1 atom stereocenters. The number of hydrogen-bond donors (Lipinski definition) is 0. The molecule has 344 valence electrons. The van der Waals surface area contributed by atoms with Gasteiger partial charge in [0.05, 0.1) is 6.61 Å². The first kappa shape index (κ1) is 57.1. The van der Waals surface area contributed by atoms with Crippen molar-refractivity contribution in [3.63, 3.8) is 0 Å². The van der Waals surface area contributed by atoms with E-state index in [1.807, 2.05) is 0 Å². The summed E-state index contributed by atoms with van der Waals surface area (Å²) in [5.41, 5.74) is 0. The molecule has 0 fully saturated rings. The van der Waals surface area contributed by atoms with Gasteiger partial charge in [-0.05, 0) is 89.9 Å². The Morgan fingerprint density at radius 2 is 0.767 bits per heavy atom. The third kappa shape index (κ3) is 47.8. The minimum atomic E-state index is -0.567. The molecular weight excluding hydrogens is 741 g/mol. The Balaban J connectivity index is 4.38. The second-order valence-electron chi connectivity index (χ2n) is 16.3. The van der Waals surface area contributed by atoms with Crippen LogP contribution in [0.3, 0.4) is 0 Å². The molecule has 0 aromatic rings. The Morgan fingerprint density at radius 1 is 0.383 bits per heavy atom. The molecule has 0 spiro atoms. The van der Waals surface area contributed by atoms with Crippen LogP contribution in [0.2, 0.25) is 0 Å². The molecule has 0 saturated carbocycles. The minimum absolute atomic E-state index is 0.0485.